The second kappa shape index (κ2) is 6.44. The van der Waals surface area contributed by atoms with Crippen molar-refractivity contribution in [2.45, 2.75) is 52.6 Å². The van der Waals surface area contributed by atoms with Gasteiger partial charge in [0.25, 0.3) is 0 Å². The Bertz CT molecular complexity index is 1240. The lowest BCUT2D eigenvalue weighted by atomic mass is 9.91. The molecular formula is C23H24O6. The van der Waals surface area contributed by atoms with Crippen LogP contribution in [0.25, 0.3) is 21.9 Å². The van der Waals surface area contributed by atoms with Gasteiger partial charge in [0.05, 0.1) is 5.39 Å². The summed E-state index contributed by atoms with van der Waals surface area (Å²) < 4.78 is 12.0. The Morgan fingerprint density at radius 2 is 1.76 bits per heavy atom. The quantitative estimate of drug-likeness (QED) is 0.330. The van der Waals surface area contributed by atoms with E-state index in [1.165, 1.54) is 12.1 Å². The molecule has 2 aromatic carbocycles. The maximum absolute atomic E-state index is 13.6. The first-order chi connectivity index (χ1) is 13.6. The predicted molar refractivity (Wildman–Crippen MR) is 111 cm³/mol. The number of hydrogen-bond donors (Lipinski definition) is 3. The highest BCUT2D eigenvalue weighted by atomic mass is 16.5. The largest absolute Gasteiger partial charge is 0.507 e. The van der Waals surface area contributed by atoms with Crippen LogP contribution in [0.3, 0.4) is 0 Å². The molecule has 0 spiro atoms. The van der Waals surface area contributed by atoms with Gasteiger partial charge in [0.2, 0.25) is 5.43 Å². The molecule has 1 aromatic heterocycles. The summed E-state index contributed by atoms with van der Waals surface area (Å²) in [7, 11) is 0. The van der Waals surface area contributed by atoms with Gasteiger partial charge in [0.15, 0.2) is 11.5 Å². The molecule has 0 amide bonds. The van der Waals surface area contributed by atoms with Gasteiger partial charge in [-0.05, 0) is 47.0 Å². The van der Waals surface area contributed by atoms with Crippen molar-refractivity contribution in [3.63, 3.8) is 0 Å². The fraction of sp³-hybridized carbons (Fsp3) is 0.348. The molecule has 0 atom stereocenters. The van der Waals surface area contributed by atoms with Crippen molar-refractivity contribution in [1.82, 2.24) is 0 Å². The lowest BCUT2D eigenvalue weighted by molar-refractivity contribution is 0.0858. The molecule has 29 heavy (non-hydrogen) atoms. The van der Waals surface area contributed by atoms with Crippen molar-refractivity contribution in [2.24, 2.45) is 0 Å². The number of fused-ring (bicyclic) bond motifs is 4. The second-order valence-corrected chi connectivity index (χ2v) is 8.45. The summed E-state index contributed by atoms with van der Waals surface area (Å²) >= 11 is 0. The van der Waals surface area contributed by atoms with Crippen LogP contribution in [0.2, 0.25) is 0 Å². The van der Waals surface area contributed by atoms with Crippen LogP contribution in [0, 0.1) is 0 Å². The number of ether oxygens (including phenoxy) is 1. The lowest BCUT2D eigenvalue weighted by Gasteiger charge is -2.33. The van der Waals surface area contributed by atoms with E-state index in [4.69, 9.17) is 9.15 Å². The van der Waals surface area contributed by atoms with Gasteiger partial charge < -0.3 is 24.5 Å². The Balaban J connectivity index is 2.15. The Hall–Kier alpha value is -3.15. The summed E-state index contributed by atoms with van der Waals surface area (Å²) in [6.45, 7) is 7.68. The maximum atomic E-state index is 13.6. The van der Waals surface area contributed by atoms with Crippen LogP contribution in [0.1, 0.15) is 45.2 Å². The maximum Gasteiger partial charge on any atom is 0.204 e. The van der Waals surface area contributed by atoms with Gasteiger partial charge in [-0.1, -0.05) is 11.6 Å². The zero-order chi connectivity index (χ0) is 21.1. The van der Waals surface area contributed by atoms with Crippen LogP contribution < -0.4 is 10.2 Å². The van der Waals surface area contributed by atoms with E-state index in [-0.39, 0.29) is 51.0 Å². The zero-order valence-corrected chi connectivity index (χ0v) is 16.9. The summed E-state index contributed by atoms with van der Waals surface area (Å²) in [4.78, 5) is 13.6. The molecule has 6 nitrogen and oxygen atoms in total. The molecular weight excluding hydrogens is 372 g/mol. The molecule has 0 bridgehead atoms. The van der Waals surface area contributed by atoms with Crippen LogP contribution in [-0.2, 0) is 12.8 Å². The number of phenols is 3. The van der Waals surface area contributed by atoms with Crippen LogP contribution in [-0.4, -0.2) is 20.9 Å². The minimum atomic E-state index is -0.489. The van der Waals surface area contributed by atoms with E-state index < -0.39 is 5.60 Å². The zero-order valence-electron chi connectivity index (χ0n) is 16.9. The molecule has 0 unspecified atom stereocenters. The third-order valence-corrected chi connectivity index (χ3v) is 5.41. The number of phenolic OH excluding ortho intramolecular Hbond substituents is 3. The molecule has 3 aromatic rings. The van der Waals surface area contributed by atoms with Crippen molar-refractivity contribution in [2.75, 3.05) is 0 Å². The Kier molecular flexibility index (Phi) is 4.26. The van der Waals surface area contributed by atoms with Gasteiger partial charge in [-0.15, -0.1) is 0 Å². The van der Waals surface area contributed by atoms with Crippen LogP contribution in [0.15, 0.2) is 33.0 Å². The predicted octanol–water partition coefficient (Wildman–Crippen LogP) is 4.68. The molecule has 0 radical (unpaired) electrons. The van der Waals surface area contributed by atoms with Crippen molar-refractivity contribution >= 4 is 21.9 Å². The summed E-state index contributed by atoms with van der Waals surface area (Å²) in [5, 5.41) is 31.5. The van der Waals surface area contributed by atoms with Crippen molar-refractivity contribution in [3.05, 3.63) is 45.1 Å². The Morgan fingerprint density at radius 3 is 2.45 bits per heavy atom. The highest BCUT2D eigenvalue weighted by molar-refractivity contribution is 5.98. The van der Waals surface area contributed by atoms with E-state index in [1.807, 2.05) is 33.8 Å². The molecule has 0 saturated carbocycles. The standard InChI is InChI=1S/C23H24O6/c1-11(2)5-6-13-18-16(10-15(25)20(13)26)28-17-9-14(24)12-7-8-23(3,4)29-22(12)19(17)21(18)27/h5,9-10,24-26H,6-8H2,1-4H3. The van der Waals surface area contributed by atoms with Gasteiger partial charge in [-0.3, -0.25) is 4.79 Å². The molecule has 0 aliphatic carbocycles. The normalized spacial score (nSPS) is 15.2. The fourth-order valence-electron chi connectivity index (χ4n) is 3.83. The van der Waals surface area contributed by atoms with E-state index in [1.54, 1.807) is 0 Å². The molecule has 6 heteroatoms. The van der Waals surface area contributed by atoms with Crippen molar-refractivity contribution in [3.8, 4) is 23.0 Å². The van der Waals surface area contributed by atoms with Crippen LogP contribution in [0.5, 0.6) is 23.0 Å². The highest BCUT2D eigenvalue weighted by Crippen LogP contribution is 2.44. The average molecular weight is 396 g/mol. The fourth-order valence-corrected chi connectivity index (χ4v) is 3.83. The Labute approximate surface area is 167 Å². The third-order valence-electron chi connectivity index (χ3n) is 5.41. The van der Waals surface area contributed by atoms with Crippen molar-refractivity contribution in [1.29, 1.82) is 0 Å². The van der Waals surface area contributed by atoms with Crippen LogP contribution in [0.4, 0.5) is 0 Å². The van der Waals surface area contributed by atoms with Gasteiger partial charge in [-0.25, -0.2) is 0 Å². The molecule has 1 aliphatic heterocycles. The SMILES string of the molecule is CC(C)=CCc1c(O)c(O)cc2oc3cc(O)c4c(c3c(=O)c12)OC(C)(C)CC4. The summed E-state index contributed by atoms with van der Waals surface area (Å²) in [6, 6.07) is 2.63. The van der Waals surface area contributed by atoms with Crippen LogP contribution >= 0.6 is 0 Å². The van der Waals surface area contributed by atoms with E-state index in [2.05, 4.69) is 0 Å². The average Bonchev–Trinajstić information content (AvgIpc) is 2.61. The molecule has 152 valence electrons. The smallest absolute Gasteiger partial charge is 0.204 e. The van der Waals surface area contributed by atoms with E-state index in [0.29, 0.717) is 29.7 Å². The molecule has 3 N–H and O–H groups in total. The number of hydrogen-bond acceptors (Lipinski definition) is 6. The van der Waals surface area contributed by atoms with Gasteiger partial charge in [0.1, 0.15) is 33.7 Å². The number of benzene rings is 2. The summed E-state index contributed by atoms with van der Waals surface area (Å²) in [6.07, 6.45) is 3.41. The first kappa shape index (κ1) is 19.2. The summed E-state index contributed by atoms with van der Waals surface area (Å²) in [5.74, 6) is -0.363. The third kappa shape index (κ3) is 3.09. The number of rotatable bonds is 2. The monoisotopic (exact) mass is 396 g/mol. The molecule has 1 aliphatic rings. The molecule has 4 rings (SSSR count). The van der Waals surface area contributed by atoms with Crippen molar-refractivity contribution < 1.29 is 24.5 Å². The lowest BCUT2D eigenvalue weighted by Crippen LogP contribution is -2.33. The highest BCUT2D eigenvalue weighted by Gasteiger charge is 2.32. The number of allylic oxidation sites excluding steroid dienone is 2. The van der Waals surface area contributed by atoms with E-state index >= 15 is 0 Å². The first-order valence-electron chi connectivity index (χ1n) is 9.60. The minimum absolute atomic E-state index is 0.0123. The number of aromatic hydroxyl groups is 3. The first-order valence-corrected chi connectivity index (χ1v) is 9.60. The topological polar surface area (TPSA) is 100 Å². The van der Waals surface area contributed by atoms with E-state index in [9.17, 15) is 20.1 Å². The van der Waals surface area contributed by atoms with Gasteiger partial charge in [-0.2, -0.15) is 0 Å². The van der Waals surface area contributed by atoms with E-state index in [0.717, 1.165) is 5.57 Å². The molecule has 2 heterocycles. The van der Waals surface area contributed by atoms with Gasteiger partial charge >= 0.3 is 0 Å². The minimum Gasteiger partial charge on any atom is -0.507 e. The second-order valence-electron chi connectivity index (χ2n) is 8.45. The Morgan fingerprint density at radius 1 is 1.10 bits per heavy atom. The van der Waals surface area contributed by atoms with Gasteiger partial charge in [0, 0.05) is 23.3 Å². The summed E-state index contributed by atoms with van der Waals surface area (Å²) in [5.41, 5.74) is 1.36. The molecule has 0 saturated heterocycles. The molecule has 0 fully saturated rings.